The summed E-state index contributed by atoms with van der Waals surface area (Å²) in [6, 6.07) is 2.07. The highest BCUT2D eigenvalue weighted by atomic mass is 16.6. The lowest BCUT2D eigenvalue weighted by atomic mass is 9.78. The number of amides is 1. The second kappa shape index (κ2) is 6.98. The highest BCUT2D eigenvalue weighted by molar-refractivity contribution is 5.68. The van der Waals surface area contributed by atoms with Crippen molar-refractivity contribution in [2.24, 2.45) is 0 Å². The first-order chi connectivity index (χ1) is 11.7. The summed E-state index contributed by atoms with van der Waals surface area (Å²) in [4.78, 5) is 13.9. The normalized spacial score (nSPS) is 21.0. The molecule has 140 valence electrons. The van der Waals surface area contributed by atoms with Gasteiger partial charge in [0.25, 0.3) is 0 Å². The van der Waals surface area contributed by atoms with Gasteiger partial charge in [0.15, 0.2) is 5.76 Å². The Kier molecular flexibility index (Phi) is 5.09. The Hall–Kier alpha value is -1.56. The van der Waals surface area contributed by atoms with Crippen molar-refractivity contribution < 1.29 is 14.1 Å². The minimum absolute atomic E-state index is 0.218. The minimum atomic E-state index is -0.445. The van der Waals surface area contributed by atoms with Gasteiger partial charge in [-0.3, -0.25) is 0 Å². The molecule has 1 aromatic heterocycles. The molecule has 0 aromatic carbocycles. The molecule has 1 saturated carbocycles. The third-order valence-electron chi connectivity index (χ3n) is 5.29. The Labute approximate surface area is 150 Å². The molecule has 1 amide bonds. The van der Waals surface area contributed by atoms with Crippen LogP contribution in [0.4, 0.5) is 4.79 Å². The van der Waals surface area contributed by atoms with Crippen molar-refractivity contribution in [3.8, 4) is 0 Å². The lowest BCUT2D eigenvalue weighted by Gasteiger charge is -2.39. The fraction of sp³-hybridized carbons (Fsp3) is 0.789. The van der Waals surface area contributed by atoms with E-state index in [4.69, 9.17) is 9.26 Å². The Morgan fingerprint density at radius 1 is 1.40 bits per heavy atom. The van der Waals surface area contributed by atoms with Gasteiger partial charge in [-0.15, -0.1) is 0 Å². The highest BCUT2D eigenvalue weighted by Gasteiger charge is 2.32. The van der Waals surface area contributed by atoms with Crippen LogP contribution >= 0.6 is 0 Å². The van der Waals surface area contributed by atoms with Crippen molar-refractivity contribution >= 4 is 6.09 Å². The molecule has 6 nitrogen and oxygen atoms in total. The summed E-state index contributed by atoms with van der Waals surface area (Å²) in [5.41, 5.74) is 0.837. The van der Waals surface area contributed by atoms with Crippen LogP contribution in [-0.2, 0) is 11.3 Å². The van der Waals surface area contributed by atoms with E-state index in [1.807, 2.05) is 20.8 Å². The molecular weight excluding hydrogens is 318 g/mol. The summed E-state index contributed by atoms with van der Waals surface area (Å²) in [5, 5.41) is 7.83. The standard InChI is InChI=1S/C19H31N3O3/c1-18(2,3)24-17(23)22-10-6-14(7-11-22)16-12-15(25-21-16)13-20-19(4)8-5-9-19/h12,14,20H,5-11,13H2,1-4H3. The molecular formula is C19H31N3O3. The number of piperidine rings is 1. The van der Waals surface area contributed by atoms with E-state index in [-0.39, 0.29) is 11.6 Å². The molecule has 0 atom stereocenters. The highest BCUT2D eigenvalue weighted by Crippen LogP contribution is 2.32. The van der Waals surface area contributed by atoms with Gasteiger partial charge in [-0.2, -0.15) is 0 Å². The molecule has 0 unspecified atom stereocenters. The molecule has 25 heavy (non-hydrogen) atoms. The van der Waals surface area contributed by atoms with Gasteiger partial charge >= 0.3 is 6.09 Å². The van der Waals surface area contributed by atoms with Crippen LogP contribution in [0.25, 0.3) is 0 Å². The van der Waals surface area contributed by atoms with E-state index in [0.717, 1.165) is 30.8 Å². The van der Waals surface area contributed by atoms with E-state index < -0.39 is 5.60 Å². The Morgan fingerprint density at radius 2 is 2.08 bits per heavy atom. The van der Waals surface area contributed by atoms with Crippen molar-refractivity contribution in [2.75, 3.05) is 13.1 Å². The number of hydrogen-bond donors (Lipinski definition) is 1. The summed E-state index contributed by atoms with van der Waals surface area (Å²) in [6.45, 7) is 10.1. The van der Waals surface area contributed by atoms with E-state index in [2.05, 4.69) is 23.5 Å². The molecule has 6 heteroatoms. The molecule has 2 aliphatic rings. The molecule has 0 bridgehead atoms. The number of hydrogen-bond acceptors (Lipinski definition) is 5. The molecule has 1 N–H and O–H groups in total. The zero-order chi connectivity index (χ0) is 18.1. The first-order valence-corrected chi connectivity index (χ1v) is 9.43. The second-order valence-corrected chi connectivity index (χ2v) is 8.73. The molecule has 1 aromatic rings. The largest absolute Gasteiger partial charge is 0.444 e. The monoisotopic (exact) mass is 349 g/mol. The Bertz CT molecular complexity index is 593. The predicted molar refractivity (Wildman–Crippen MR) is 95.4 cm³/mol. The minimum Gasteiger partial charge on any atom is -0.444 e. The topological polar surface area (TPSA) is 67.6 Å². The molecule has 1 aliphatic heterocycles. The molecule has 1 aliphatic carbocycles. The smallest absolute Gasteiger partial charge is 0.410 e. The average molecular weight is 349 g/mol. The molecule has 2 fully saturated rings. The Morgan fingerprint density at radius 3 is 2.64 bits per heavy atom. The number of carbonyl (C=O) groups is 1. The third kappa shape index (κ3) is 4.75. The van der Waals surface area contributed by atoms with Gasteiger partial charge in [-0.1, -0.05) is 5.16 Å². The van der Waals surface area contributed by atoms with E-state index in [0.29, 0.717) is 19.0 Å². The number of likely N-dealkylation sites (tertiary alicyclic amines) is 1. The Balaban J connectivity index is 1.47. The lowest BCUT2D eigenvalue weighted by molar-refractivity contribution is 0.0203. The van der Waals surface area contributed by atoms with Crippen LogP contribution in [0.15, 0.2) is 10.6 Å². The maximum atomic E-state index is 12.1. The van der Waals surface area contributed by atoms with Crippen LogP contribution in [0.5, 0.6) is 0 Å². The number of rotatable bonds is 4. The summed E-state index contributed by atoms with van der Waals surface area (Å²) < 4.78 is 11.0. The maximum absolute atomic E-state index is 12.1. The van der Waals surface area contributed by atoms with E-state index in [9.17, 15) is 4.79 Å². The fourth-order valence-electron chi connectivity index (χ4n) is 3.47. The van der Waals surface area contributed by atoms with Crippen molar-refractivity contribution in [1.29, 1.82) is 0 Å². The quantitative estimate of drug-likeness (QED) is 0.895. The summed E-state index contributed by atoms with van der Waals surface area (Å²) in [6.07, 6.45) is 5.35. The lowest BCUT2D eigenvalue weighted by Crippen LogP contribution is -2.47. The first kappa shape index (κ1) is 18.2. The number of aromatic nitrogens is 1. The molecule has 0 radical (unpaired) electrons. The zero-order valence-electron chi connectivity index (χ0n) is 15.9. The summed E-state index contributed by atoms with van der Waals surface area (Å²) in [5.74, 6) is 1.26. The number of nitrogens with one attached hydrogen (secondary N) is 1. The van der Waals surface area contributed by atoms with E-state index in [1.165, 1.54) is 19.3 Å². The summed E-state index contributed by atoms with van der Waals surface area (Å²) >= 11 is 0. The van der Waals surface area contributed by atoms with Crippen LogP contribution in [-0.4, -0.2) is 40.4 Å². The third-order valence-corrected chi connectivity index (χ3v) is 5.29. The van der Waals surface area contributed by atoms with E-state index >= 15 is 0 Å². The number of carbonyl (C=O) groups excluding carboxylic acids is 1. The molecule has 2 heterocycles. The van der Waals surface area contributed by atoms with Crippen molar-refractivity contribution in [3.05, 3.63) is 17.5 Å². The molecule has 0 spiro atoms. The van der Waals surface area contributed by atoms with Crippen molar-refractivity contribution in [1.82, 2.24) is 15.4 Å². The van der Waals surface area contributed by atoms with Gasteiger partial charge in [0, 0.05) is 30.6 Å². The van der Waals surface area contributed by atoms with Crippen LogP contribution in [0, 0.1) is 0 Å². The number of ether oxygens (including phenoxy) is 1. The van der Waals surface area contributed by atoms with Gasteiger partial charge in [0.05, 0.1) is 12.2 Å². The predicted octanol–water partition coefficient (Wildman–Crippen LogP) is 3.82. The van der Waals surface area contributed by atoms with Gasteiger partial charge in [0.2, 0.25) is 0 Å². The SMILES string of the molecule is CC1(NCc2cc(C3CCN(C(=O)OC(C)(C)C)CC3)no2)CCC1. The fourth-order valence-corrected chi connectivity index (χ4v) is 3.47. The molecule has 3 rings (SSSR count). The number of nitrogens with zero attached hydrogens (tertiary/aromatic N) is 2. The van der Waals surface area contributed by atoms with Crippen LogP contribution in [0.2, 0.25) is 0 Å². The zero-order valence-corrected chi connectivity index (χ0v) is 15.9. The average Bonchev–Trinajstić information content (AvgIpc) is 2.98. The molecule has 1 saturated heterocycles. The maximum Gasteiger partial charge on any atom is 0.410 e. The second-order valence-electron chi connectivity index (χ2n) is 8.73. The van der Waals surface area contributed by atoms with Gasteiger partial charge < -0.3 is 19.5 Å². The van der Waals surface area contributed by atoms with E-state index in [1.54, 1.807) is 4.90 Å². The summed E-state index contributed by atoms with van der Waals surface area (Å²) in [7, 11) is 0. The van der Waals surface area contributed by atoms with Crippen LogP contribution in [0.1, 0.15) is 77.2 Å². The van der Waals surface area contributed by atoms with Gasteiger partial charge in [0.1, 0.15) is 5.60 Å². The van der Waals surface area contributed by atoms with Crippen molar-refractivity contribution in [3.63, 3.8) is 0 Å². The van der Waals surface area contributed by atoms with Gasteiger partial charge in [-0.25, -0.2) is 4.79 Å². The van der Waals surface area contributed by atoms with Crippen LogP contribution < -0.4 is 5.32 Å². The first-order valence-electron chi connectivity index (χ1n) is 9.43. The van der Waals surface area contributed by atoms with Crippen molar-refractivity contribution in [2.45, 2.75) is 83.4 Å². The van der Waals surface area contributed by atoms with Gasteiger partial charge in [-0.05, 0) is 59.8 Å². The van der Waals surface area contributed by atoms with Crippen LogP contribution in [0.3, 0.4) is 0 Å².